The molecule has 3 saturated heterocycles. The van der Waals surface area contributed by atoms with Crippen LogP contribution in [0.25, 0.3) is 0 Å². The van der Waals surface area contributed by atoms with Crippen molar-refractivity contribution in [1.82, 2.24) is 15.1 Å². The Morgan fingerprint density at radius 2 is 1.81 bits per heavy atom. The number of ether oxygens (including phenoxy) is 3. The number of likely N-dealkylation sites (tertiary alicyclic amines) is 1. The molecule has 0 radical (unpaired) electrons. The first-order valence-electron chi connectivity index (χ1n) is 17.2. The molecule has 3 fully saturated rings. The Kier molecular flexibility index (Phi) is 14.0. The molecule has 0 bridgehead atoms. The summed E-state index contributed by atoms with van der Waals surface area (Å²) in [5, 5.41) is 35.5. The number of carbonyl (C=O) groups is 2. The fourth-order valence-corrected chi connectivity index (χ4v) is 8.91. The van der Waals surface area contributed by atoms with Crippen LogP contribution in [0.5, 0.6) is 0 Å². The minimum atomic E-state index is -1.47. The monoisotopic (exact) mass is 711 g/mol. The van der Waals surface area contributed by atoms with Crippen molar-refractivity contribution in [3.05, 3.63) is 29.8 Å². The van der Waals surface area contributed by atoms with Crippen LogP contribution in [0.2, 0.25) is 0 Å². The van der Waals surface area contributed by atoms with E-state index < -0.39 is 65.6 Å². The van der Waals surface area contributed by atoms with Crippen LogP contribution >= 0.6 is 23.5 Å². The SMILES string of the molecule is CCC[C@@H]1CCO[C@@H]2[C@@H](C1)CN(C(=O)OC(C)(C)C)[C@@H]2C(=O)N[C@H]([C@H](C)Sc1ccc(CN(C)C)cc1)[C@H]1OC(SC)[C@H](O)[C@H](O)C1O. The maximum Gasteiger partial charge on any atom is 0.411 e. The number of aliphatic hydroxyl groups excluding tert-OH is 3. The van der Waals surface area contributed by atoms with Gasteiger partial charge in [-0.3, -0.25) is 9.69 Å². The second-order valence-corrected chi connectivity index (χ2v) is 17.2. The standard InChI is InChI=1S/C35H57N3O8S2/c1-9-10-21-15-16-44-30-23(17-21)19-38(34(43)46-35(3,4)5)26(30)32(42)36-25(31-28(40)27(39)29(41)33(45-31)47-8)20(2)48-24-13-11-22(12-14-24)18-37(6)7/h11-14,20-21,23,25-31,33,39-41H,9-10,15-19H2,1-8H3,(H,36,42)/t20-,21+,23-,25+,26-,27+,28?,29+,30+,31+,33?/m0/s1. The van der Waals surface area contributed by atoms with Crippen LogP contribution in [-0.2, 0) is 25.5 Å². The molecule has 0 aromatic heterocycles. The number of thioether (sulfide) groups is 2. The number of nitrogens with one attached hydrogen (secondary N) is 1. The second-order valence-electron chi connectivity index (χ2n) is 14.8. The molecule has 11 nitrogen and oxygen atoms in total. The molecule has 0 saturated carbocycles. The number of benzene rings is 1. The van der Waals surface area contributed by atoms with Crippen LogP contribution < -0.4 is 5.32 Å². The molecule has 2 amide bonds. The van der Waals surface area contributed by atoms with E-state index in [0.29, 0.717) is 19.1 Å². The zero-order chi connectivity index (χ0) is 35.3. The molecule has 48 heavy (non-hydrogen) atoms. The average molecular weight is 712 g/mol. The summed E-state index contributed by atoms with van der Waals surface area (Å²) in [7, 11) is 4.03. The summed E-state index contributed by atoms with van der Waals surface area (Å²) in [6.07, 6.45) is -0.755. The van der Waals surface area contributed by atoms with Gasteiger partial charge < -0.3 is 39.7 Å². The number of fused-ring (bicyclic) bond motifs is 1. The Labute approximate surface area is 294 Å². The van der Waals surface area contributed by atoms with Crippen molar-refractivity contribution < 1.29 is 39.1 Å². The molecule has 1 aromatic rings. The maximum atomic E-state index is 14.6. The lowest BCUT2D eigenvalue weighted by atomic mass is 9.87. The lowest BCUT2D eigenvalue weighted by Gasteiger charge is -2.45. The third-order valence-electron chi connectivity index (χ3n) is 9.36. The molecule has 0 aliphatic carbocycles. The van der Waals surface area contributed by atoms with E-state index in [9.17, 15) is 24.9 Å². The van der Waals surface area contributed by atoms with Crippen LogP contribution in [0, 0.1) is 11.8 Å². The average Bonchev–Trinajstić information content (AvgIpc) is 3.25. The van der Waals surface area contributed by atoms with Crippen LogP contribution in [0.15, 0.2) is 29.2 Å². The molecule has 1 aromatic carbocycles. The molecule has 3 heterocycles. The van der Waals surface area contributed by atoms with Gasteiger partial charge in [0.25, 0.3) is 0 Å². The normalized spacial score (nSPS) is 32.3. The quantitative estimate of drug-likeness (QED) is 0.250. The summed E-state index contributed by atoms with van der Waals surface area (Å²) in [5.74, 6) is -0.0198. The van der Waals surface area contributed by atoms with Crippen LogP contribution in [0.3, 0.4) is 0 Å². The maximum absolute atomic E-state index is 14.6. The van der Waals surface area contributed by atoms with Crippen molar-refractivity contribution >= 4 is 35.5 Å². The van der Waals surface area contributed by atoms with Crippen molar-refractivity contribution in [2.24, 2.45) is 11.8 Å². The van der Waals surface area contributed by atoms with Crippen LogP contribution in [0.1, 0.15) is 65.9 Å². The molecule has 0 spiro atoms. The van der Waals surface area contributed by atoms with Gasteiger partial charge in [0.15, 0.2) is 0 Å². The zero-order valence-corrected chi connectivity index (χ0v) is 31.3. The first-order chi connectivity index (χ1) is 22.6. The Bertz CT molecular complexity index is 1200. The Morgan fingerprint density at radius 3 is 2.42 bits per heavy atom. The van der Waals surface area contributed by atoms with Gasteiger partial charge in [-0.25, -0.2) is 4.79 Å². The summed E-state index contributed by atoms with van der Waals surface area (Å²) in [5.41, 5.74) is -0.408. The molecular weight excluding hydrogens is 655 g/mol. The number of carbonyl (C=O) groups excluding carboxylic acids is 2. The molecular formula is C35H57N3O8S2. The van der Waals surface area contributed by atoms with Crippen molar-refractivity contribution in [3.8, 4) is 0 Å². The third-order valence-corrected chi connectivity index (χ3v) is 11.4. The van der Waals surface area contributed by atoms with E-state index in [-0.39, 0.29) is 11.2 Å². The Hall–Kier alpha value is -1.58. The minimum absolute atomic E-state index is 0.0346. The van der Waals surface area contributed by atoms with E-state index in [4.69, 9.17) is 14.2 Å². The summed E-state index contributed by atoms with van der Waals surface area (Å²) in [4.78, 5) is 32.7. The Balaban J connectivity index is 1.65. The molecule has 13 heteroatoms. The first kappa shape index (κ1) is 39.2. The molecule has 3 aliphatic heterocycles. The minimum Gasteiger partial charge on any atom is -0.444 e. The second kappa shape index (κ2) is 17.1. The molecule has 2 unspecified atom stereocenters. The van der Waals surface area contributed by atoms with Gasteiger partial charge in [-0.05, 0) is 77.6 Å². The predicted molar refractivity (Wildman–Crippen MR) is 189 cm³/mol. The summed E-state index contributed by atoms with van der Waals surface area (Å²) >= 11 is 2.73. The van der Waals surface area contributed by atoms with Crippen LogP contribution in [0.4, 0.5) is 4.79 Å². The summed E-state index contributed by atoms with van der Waals surface area (Å²) in [6, 6.07) is 6.41. The molecule has 11 atom stereocenters. The molecule has 272 valence electrons. The highest BCUT2D eigenvalue weighted by Gasteiger charge is 2.53. The van der Waals surface area contributed by atoms with E-state index in [1.807, 2.05) is 33.2 Å². The molecule has 3 aliphatic rings. The van der Waals surface area contributed by atoms with Gasteiger partial charge >= 0.3 is 6.09 Å². The first-order valence-corrected chi connectivity index (χ1v) is 19.3. The number of hydrogen-bond donors (Lipinski definition) is 4. The van der Waals surface area contributed by atoms with Crippen LogP contribution in [-0.4, -0.2) is 130 Å². The van der Waals surface area contributed by atoms with Crippen molar-refractivity contribution in [1.29, 1.82) is 0 Å². The van der Waals surface area contributed by atoms with E-state index in [1.165, 1.54) is 28.4 Å². The smallest absolute Gasteiger partial charge is 0.411 e. The van der Waals surface area contributed by atoms with Gasteiger partial charge in [-0.15, -0.1) is 23.5 Å². The highest BCUT2D eigenvalue weighted by molar-refractivity contribution is 8.00. The summed E-state index contributed by atoms with van der Waals surface area (Å²) < 4.78 is 18.4. The van der Waals surface area contributed by atoms with Gasteiger partial charge in [-0.2, -0.15) is 0 Å². The third kappa shape index (κ3) is 9.80. The van der Waals surface area contributed by atoms with Crippen molar-refractivity contribution in [2.75, 3.05) is 33.5 Å². The highest BCUT2D eigenvalue weighted by Crippen LogP contribution is 2.39. The van der Waals surface area contributed by atoms with E-state index >= 15 is 0 Å². The fraction of sp³-hybridized carbons (Fsp3) is 0.771. The van der Waals surface area contributed by atoms with E-state index in [0.717, 1.165) is 42.7 Å². The number of nitrogens with zero attached hydrogens (tertiary/aromatic N) is 2. The van der Waals surface area contributed by atoms with E-state index in [1.54, 1.807) is 27.0 Å². The van der Waals surface area contributed by atoms with Crippen molar-refractivity contribution in [3.63, 3.8) is 0 Å². The topological polar surface area (TPSA) is 141 Å². The van der Waals surface area contributed by atoms with Gasteiger partial charge in [0.05, 0.1) is 12.1 Å². The van der Waals surface area contributed by atoms with Gasteiger partial charge in [0, 0.05) is 35.8 Å². The highest BCUT2D eigenvalue weighted by atomic mass is 32.2. The zero-order valence-electron chi connectivity index (χ0n) is 29.7. The van der Waals surface area contributed by atoms with Gasteiger partial charge in [0.2, 0.25) is 5.91 Å². The lowest BCUT2D eigenvalue weighted by Crippen LogP contribution is -2.66. The number of aliphatic hydroxyl groups is 3. The number of hydrogen-bond acceptors (Lipinski definition) is 11. The fourth-order valence-electron chi connectivity index (χ4n) is 7.14. The molecule has 4 N–H and O–H groups in total. The number of amides is 2. The largest absolute Gasteiger partial charge is 0.444 e. The lowest BCUT2D eigenvalue weighted by molar-refractivity contribution is -0.205. The Morgan fingerprint density at radius 1 is 1.12 bits per heavy atom. The summed E-state index contributed by atoms with van der Waals surface area (Å²) in [6.45, 7) is 11.1. The predicted octanol–water partition coefficient (Wildman–Crippen LogP) is 3.72. The number of rotatable bonds is 11. The molecule has 4 rings (SSSR count). The van der Waals surface area contributed by atoms with Gasteiger partial charge in [-0.1, -0.05) is 38.8 Å². The van der Waals surface area contributed by atoms with Crippen molar-refractivity contribution in [2.45, 2.75) is 131 Å². The van der Waals surface area contributed by atoms with Gasteiger partial charge in [0.1, 0.15) is 41.5 Å². The van der Waals surface area contributed by atoms with E-state index in [2.05, 4.69) is 29.3 Å².